The van der Waals surface area contributed by atoms with Gasteiger partial charge in [0.1, 0.15) is 11.3 Å². The van der Waals surface area contributed by atoms with Gasteiger partial charge in [0.25, 0.3) is 0 Å². The number of para-hydroxylation sites is 1. The number of furan rings is 1. The second-order valence-corrected chi connectivity index (χ2v) is 7.21. The van der Waals surface area contributed by atoms with Crippen LogP contribution in [0.1, 0.15) is 18.1 Å². The average Bonchev–Trinajstić information content (AvgIpc) is 3.12. The molecular weight excluding hydrogens is 324 g/mol. The van der Waals surface area contributed by atoms with Crippen LogP contribution >= 0.6 is 0 Å². The third-order valence-electron chi connectivity index (χ3n) is 5.31. The predicted octanol–water partition coefficient (Wildman–Crippen LogP) is 4.46. The number of hydrogen-bond donors (Lipinski definition) is 0. The lowest BCUT2D eigenvalue weighted by atomic mass is 10.1. The lowest BCUT2D eigenvalue weighted by Crippen LogP contribution is -2.51. The van der Waals surface area contributed by atoms with Gasteiger partial charge < -0.3 is 14.1 Å². The van der Waals surface area contributed by atoms with Gasteiger partial charge in [0.2, 0.25) is 0 Å². The maximum absolute atomic E-state index is 5.70. The molecule has 0 bridgehead atoms. The van der Waals surface area contributed by atoms with Crippen molar-refractivity contribution in [2.24, 2.45) is 0 Å². The Morgan fingerprint density at radius 3 is 2.85 bits per heavy atom. The van der Waals surface area contributed by atoms with Gasteiger partial charge in [-0.05, 0) is 37.6 Å². The number of nitrogens with zero attached hydrogens (tertiary/aromatic N) is 2. The Morgan fingerprint density at radius 1 is 1.15 bits per heavy atom. The summed E-state index contributed by atoms with van der Waals surface area (Å²) in [6, 6.07) is 15.3. The topological polar surface area (TPSA) is 28.9 Å². The molecule has 0 aliphatic carbocycles. The van der Waals surface area contributed by atoms with Gasteiger partial charge in [0.15, 0.2) is 0 Å². The van der Waals surface area contributed by atoms with E-state index in [1.54, 1.807) is 13.4 Å². The molecule has 2 aromatic carbocycles. The van der Waals surface area contributed by atoms with E-state index < -0.39 is 0 Å². The molecule has 1 unspecified atom stereocenters. The molecule has 0 spiro atoms. The highest BCUT2D eigenvalue weighted by atomic mass is 16.5. The van der Waals surface area contributed by atoms with Crippen molar-refractivity contribution in [3.05, 3.63) is 59.9 Å². The van der Waals surface area contributed by atoms with E-state index in [1.807, 2.05) is 6.07 Å². The van der Waals surface area contributed by atoms with Gasteiger partial charge in [-0.2, -0.15) is 0 Å². The van der Waals surface area contributed by atoms with Crippen LogP contribution in [0.25, 0.3) is 11.0 Å². The van der Waals surface area contributed by atoms with Gasteiger partial charge in [-0.3, -0.25) is 4.90 Å². The van der Waals surface area contributed by atoms with Crippen molar-refractivity contribution in [2.45, 2.75) is 26.4 Å². The Balaban J connectivity index is 1.50. The molecule has 2 heterocycles. The van der Waals surface area contributed by atoms with E-state index in [-0.39, 0.29) is 0 Å². The van der Waals surface area contributed by atoms with Crippen molar-refractivity contribution in [3.8, 4) is 5.75 Å². The first kappa shape index (κ1) is 17.0. The molecule has 0 amide bonds. The molecular formula is C22H26N2O2. The highest BCUT2D eigenvalue weighted by Gasteiger charge is 2.26. The predicted molar refractivity (Wildman–Crippen MR) is 106 cm³/mol. The van der Waals surface area contributed by atoms with Crippen LogP contribution in [-0.4, -0.2) is 37.7 Å². The number of benzene rings is 2. The highest BCUT2D eigenvalue weighted by Crippen LogP contribution is 2.32. The zero-order chi connectivity index (χ0) is 18.1. The third-order valence-corrected chi connectivity index (χ3v) is 5.31. The molecule has 4 nitrogen and oxygen atoms in total. The monoisotopic (exact) mass is 350 g/mol. The van der Waals surface area contributed by atoms with Gasteiger partial charge in [-0.1, -0.05) is 24.3 Å². The second kappa shape index (κ2) is 7.04. The highest BCUT2D eigenvalue weighted by molar-refractivity contribution is 5.80. The summed E-state index contributed by atoms with van der Waals surface area (Å²) in [5, 5.41) is 1.18. The number of methoxy groups -OCH3 is 1. The van der Waals surface area contributed by atoms with Crippen LogP contribution in [0.4, 0.5) is 5.69 Å². The van der Waals surface area contributed by atoms with E-state index >= 15 is 0 Å². The van der Waals surface area contributed by atoms with E-state index in [4.69, 9.17) is 9.15 Å². The molecule has 1 atom stereocenters. The normalized spacial score (nSPS) is 18.4. The van der Waals surface area contributed by atoms with Crippen molar-refractivity contribution in [1.82, 2.24) is 4.90 Å². The lowest BCUT2D eigenvalue weighted by Gasteiger charge is -2.41. The van der Waals surface area contributed by atoms with Crippen molar-refractivity contribution >= 4 is 16.7 Å². The summed E-state index contributed by atoms with van der Waals surface area (Å²) >= 11 is 0. The SMILES string of the molecule is COc1ccc(C)cc1N1CCN(Cc2cccc3ccoc23)CC1C. The fraction of sp³-hybridized carbons (Fsp3) is 0.364. The summed E-state index contributed by atoms with van der Waals surface area (Å²) < 4.78 is 11.3. The Kier molecular flexibility index (Phi) is 4.60. The Bertz CT molecular complexity index is 902. The van der Waals surface area contributed by atoms with Crippen LogP contribution in [0.2, 0.25) is 0 Å². The molecule has 1 aliphatic heterocycles. The molecule has 1 aliphatic rings. The zero-order valence-corrected chi connectivity index (χ0v) is 15.7. The van der Waals surface area contributed by atoms with Crippen LogP contribution in [-0.2, 0) is 6.54 Å². The first-order chi connectivity index (χ1) is 12.7. The quantitative estimate of drug-likeness (QED) is 0.695. The van der Waals surface area contributed by atoms with Gasteiger partial charge in [-0.25, -0.2) is 0 Å². The minimum Gasteiger partial charge on any atom is -0.495 e. The van der Waals surface area contributed by atoms with Gasteiger partial charge >= 0.3 is 0 Å². The zero-order valence-electron chi connectivity index (χ0n) is 15.7. The number of anilines is 1. The molecule has 26 heavy (non-hydrogen) atoms. The summed E-state index contributed by atoms with van der Waals surface area (Å²) in [6.45, 7) is 8.39. The standard InChI is InChI=1S/C22H26N2O2/c1-16-7-8-21(25-3)20(13-16)24-11-10-23(14-17(24)2)15-19-6-4-5-18-9-12-26-22(18)19/h4-9,12-13,17H,10-11,14-15H2,1-3H3. The van der Waals surface area contributed by atoms with Crippen molar-refractivity contribution < 1.29 is 9.15 Å². The molecule has 0 radical (unpaired) electrons. The van der Waals surface area contributed by atoms with Crippen molar-refractivity contribution in [2.75, 3.05) is 31.6 Å². The third kappa shape index (κ3) is 3.17. The van der Waals surface area contributed by atoms with Gasteiger partial charge in [-0.15, -0.1) is 0 Å². The summed E-state index contributed by atoms with van der Waals surface area (Å²) in [5.74, 6) is 0.955. The molecule has 3 aromatic rings. The largest absolute Gasteiger partial charge is 0.495 e. The summed E-state index contributed by atoms with van der Waals surface area (Å²) in [6.07, 6.45) is 1.78. The van der Waals surface area contributed by atoms with Crippen LogP contribution in [0.3, 0.4) is 0 Å². The fourth-order valence-electron chi connectivity index (χ4n) is 3.98. The van der Waals surface area contributed by atoms with E-state index in [9.17, 15) is 0 Å². The van der Waals surface area contributed by atoms with E-state index in [0.29, 0.717) is 6.04 Å². The molecule has 0 saturated carbocycles. The number of hydrogen-bond acceptors (Lipinski definition) is 4. The van der Waals surface area contributed by atoms with E-state index in [0.717, 1.165) is 37.5 Å². The smallest absolute Gasteiger partial charge is 0.142 e. The second-order valence-electron chi connectivity index (χ2n) is 7.21. The summed E-state index contributed by atoms with van der Waals surface area (Å²) in [7, 11) is 1.75. The molecule has 136 valence electrons. The van der Waals surface area contributed by atoms with Crippen LogP contribution in [0, 0.1) is 6.92 Å². The molecule has 4 heteroatoms. The van der Waals surface area contributed by atoms with Gasteiger partial charge in [0, 0.05) is 43.2 Å². The minimum absolute atomic E-state index is 0.426. The summed E-state index contributed by atoms with van der Waals surface area (Å²) in [5.41, 5.74) is 4.75. The maximum Gasteiger partial charge on any atom is 0.142 e. The summed E-state index contributed by atoms with van der Waals surface area (Å²) in [4.78, 5) is 4.98. The first-order valence-corrected chi connectivity index (χ1v) is 9.24. The van der Waals surface area contributed by atoms with Crippen molar-refractivity contribution in [1.29, 1.82) is 0 Å². The molecule has 1 aromatic heterocycles. The number of fused-ring (bicyclic) bond motifs is 1. The van der Waals surface area contributed by atoms with Crippen LogP contribution < -0.4 is 9.64 Å². The van der Waals surface area contributed by atoms with Crippen LogP contribution in [0.15, 0.2) is 53.1 Å². The number of piperazine rings is 1. The van der Waals surface area contributed by atoms with E-state index in [1.165, 1.54) is 22.2 Å². The van der Waals surface area contributed by atoms with Crippen molar-refractivity contribution in [3.63, 3.8) is 0 Å². The molecule has 4 rings (SSSR count). The molecule has 0 N–H and O–H groups in total. The molecule has 1 fully saturated rings. The Hall–Kier alpha value is -2.46. The molecule has 1 saturated heterocycles. The fourth-order valence-corrected chi connectivity index (χ4v) is 3.98. The number of aryl methyl sites for hydroxylation is 1. The van der Waals surface area contributed by atoms with E-state index in [2.05, 4.69) is 60.0 Å². The van der Waals surface area contributed by atoms with Crippen LogP contribution in [0.5, 0.6) is 5.75 Å². The Labute approximate surface area is 155 Å². The average molecular weight is 350 g/mol. The first-order valence-electron chi connectivity index (χ1n) is 9.24. The van der Waals surface area contributed by atoms with Gasteiger partial charge in [0.05, 0.1) is 19.1 Å². The number of ether oxygens (including phenoxy) is 1. The Morgan fingerprint density at radius 2 is 2.04 bits per heavy atom. The minimum atomic E-state index is 0.426. The lowest BCUT2D eigenvalue weighted by molar-refractivity contribution is 0.220. The number of rotatable bonds is 4. The maximum atomic E-state index is 5.70.